The Morgan fingerprint density at radius 1 is 1.33 bits per heavy atom. The molecule has 0 aliphatic carbocycles. The average Bonchev–Trinajstić information content (AvgIpc) is 3.08. The van der Waals surface area contributed by atoms with Crippen LogP contribution in [-0.2, 0) is 11.3 Å². The number of fused-ring (bicyclic) bond motifs is 1. The lowest BCUT2D eigenvalue weighted by Gasteiger charge is -2.31. The van der Waals surface area contributed by atoms with Crippen LogP contribution in [0.4, 0.5) is 4.79 Å². The molecule has 0 bridgehead atoms. The number of likely N-dealkylation sites (tertiary alicyclic amines) is 1. The number of nitrogens with zero attached hydrogens (tertiary/aromatic N) is 1. The molecule has 0 radical (unpaired) electrons. The normalized spacial score (nSPS) is 17.0. The van der Waals surface area contributed by atoms with Crippen LogP contribution >= 0.6 is 0 Å². The van der Waals surface area contributed by atoms with E-state index in [-0.39, 0.29) is 12.9 Å². The zero-order valence-electron chi connectivity index (χ0n) is 14.2. The van der Waals surface area contributed by atoms with Gasteiger partial charge < -0.3 is 29.2 Å². The van der Waals surface area contributed by atoms with E-state index in [1.807, 2.05) is 19.1 Å². The summed E-state index contributed by atoms with van der Waals surface area (Å²) < 4.78 is 21.3. The van der Waals surface area contributed by atoms with Gasteiger partial charge in [-0.15, -0.1) is 0 Å². The van der Waals surface area contributed by atoms with Crippen LogP contribution < -0.4 is 19.5 Å². The van der Waals surface area contributed by atoms with E-state index >= 15 is 0 Å². The summed E-state index contributed by atoms with van der Waals surface area (Å²) in [5.41, 5.74) is 1.09. The number of benzene rings is 1. The first kappa shape index (κ1) is 16.7. The van der Waals surface area contributed by atoms with Crippen molar-refractivity contribution in [3.63, 3.8) is 0 Å². The second kappa shape index (κ2) is 7.61. The van der Waals surface area contributed by atoms with Crippen LogP contribution in [0.2, 0.25) is 0 Å². The Kier molecular flexibility index (Phi) is 5.30. The molecule has 1 amide bonds. The van der Waals surface area contributed by atoms with Crippen LogP contribution in [0.1, 0.15) is 25.3 Å². The molecule has 1 saturated heterocycles. The molecule has 2 aliphatic rings. The highest BCUT2D eigenvalue weighted by molar-refractivity contribution is 5.67. The number of amides is 1. The fourth-order valence-electron chi connectivity index (χ4n) is 3.03. The van der Waals surface area contributed by atoms with E-state index in [0.717, 1.165) is 43.8 Å². The van der Waals surface area contributed by atoms with E-state index in [4.69, 9.17) is 18.9 Å². The van der Waals surface area contributed by atoms with Crippen LogP contribution in [0.25, 0.3) is 0 Å². The van der Waals surface area contributed by atoms with Crippen molar-refractivity contribution in [2.24, 2.45) is 0 Å². The van der Waals surface area contributed by atoms with Gasteiger partial charge in [0.05, 0.1) is 13.7 Å². The van der Waals surface area contributed by atoms with Crippen LogP contribution in [-0.4, -0.2) is 50.6 Å². The van der Waals surface area contributed by atoms with Gasteiger partial charge >= 0.3 is 6.09 Å². The first-order valence-electron chi connectivity index (χ1n) is 8.33. The summed E-state index contributed by atoms with van der Waals surface area (Å²) in [6.45, 7) is 4.64. The summed E-state index contributed by atoms with van der Waals surface area (Å²) in [7, 11) is 1.62. The lowest BCUT2D eigenvalue weighted by molar-refractivity contribution is 0.0950. The topological polar surface area (TPSA) is 69.3 Å². The van der Waals surface area contributed by atoms with Gasteiger partial charge in [-0.05, 0) is 37.5 Å². The van der Waals surface area contributed by atoms with Crippen molar-refractivity contribution in [3.8, 4) is 17.2 Å². The molecule has 7 nitrogen and oxygen atoms in total. The quantitative estimate of drug-likeness (QED) is 0.888. The summed E-state index contributed by atoms with van der Waals surface area (Å²) in [6.07, 6.45) is 1.62. The highest BCUT2D eigenvalue weighted by atomic mass is 16.7. The number of hydrogen-bond donors (Lipinski definition) is 1. The third kappa shape index (κ3) is 3.67. The zero-order valence-corrected chi connectivity index (χ0v) is 14.2. The third-order valence-corrected chi connectivity index (χ3v) is 4.33. The highest BCUT2D eigenvalue weighted by Crippen LogP contribution is 2.41. The predicted octanol–water partition coefficient (Wildman–Crippen LogP) is 2.13. The van der Waals surface area contributed by atoms with E-state index in [9.17, 15) is 4.79 Å². The summed E-state index contributed by atoms with van der Waals surface area (Å²) in [6, 6.07) is 4.33. The van der Waals surface area contributed by atoms with E-state index < -0.39 is 0 Å². The predicted molar refractivity (Wildman–Crippen MR) is 87.6 cm³/mol. The maximum absolute atomic E-state index is 11.7. The van der Waals surface area contributed by atoms with E-state index in [2.05, 4.69) is 5.32 Å². The number of piperidine rings is 1. The second-order valence-corrected chi connectivity index (χ2v) is 5.87. The van der Waals surface area contributed by atoms with Gasteiger partial charge in [-0.1, -0.05) is 0 Å². The Balaban J connectivity index is 1.51. The third-order valence-electron chi connectivity index (χ3n) is 4.33. The van der Waals surface area contributed by atoms with Crippen LogP contribution in [0.3, 0.4) is 0 Å². The molecule has 1 aromatic carbocycles. The molecule has 0 spiro atoms. The highest BCUT2D eigenvalue weighted by Gasteiger charge is 2.24. The Hall–Kier alpha value is -2.15. The van der Waals surface area contributed by atoms with E-state index in [1.54, 1.807) is 12.0 Å². The minimum Gasteiger partial charge on any atom is -0.493 e. The number of methoxy groups -OCH3 is 1. The largest absolute Gasteiger partial charge is 0.493 e. The minimum absolute atomic E-state index is 0.212. The SMILES string of the molecule is CCOC(=O)N1CCC(NCc2cc(OC)c3c(c2)OCO3)CC1. The van der Waals surface area contributed by atoms with Gasteiger partial charge in [0, 0.05) is 25.7 Å². The molecule has 7 heteroatoms. The maximum atomic E-state index is 11.7. The van der Waals surface area contributed by atoms with Crippen LogP contribution in [0, 0.1) is 0 Å². The van der Waals surface area contributed by atoms with Gasteiger partial charge in [0.1, 0.15) is 0 Å². The van der Waals surface area contributed by atoms with Gasteiger partial charge in [-0.2, -0.15) is 0 Å². The molecule has 24 heavy (non-hydrogen) atoms. The summed E-state index contributed by atoms with van der Waals surface area (Å²) in [5, 5.41) is 3.54. The molecular weight excluding hydrogens is 312 g/mol. The van der Waals surface area contributed by atoms with Crippen molar-refractivity contribution in [1.82, 2.24) is 10.2 Å². The fraction of sp³-hybridized carbons (Fsp3) is 0.588. The van der Waals surface area contributed by atoms with Gasteiger partial charge in [0.15, 0.2) is 11.5 Å². The molecule has 0 unspecified atom stereocenters. The monoisotopic (exact) mass is 336 g/mol. The van der Waals surface area contributed by atoms with Crippen molar-refractivity contribution in [1.29, 1.82) is 0 Å². The number of carbonyl (C=O) groups excluding carboxylic acids is 1. The van der Waals surface area contributed by atoms with Gasteiger partial charge in [-0.25, -0.2) is 4.79 Å². The Bertz CT molecular complexity index is 585. The average molecular weight is 336 g/mol. The molecule has 132 valence electrons. The number of carbonyl (C=O) groups is 1. The summed E-state index contributed by atoms with van der Waals surface area (Å²) >= 11 is 0. The zero-order chi connectivity index (χ0) is 16.9. The molecule has 3 rings (SSSR count). The van der Waals surface area contributed by atoms with Crippen LogP contribution in [0.15, 0.2) is 12.1 Å². The van der Waals surface area contributed by atoms with Gasteiger partial charge in [0.25, 0.3) is 0 Å². The number of rotatable bonds is 5. The van der Waals surface area contributed by atoms with E-state index in [0.29, 0.717) is 24.1 Å². The molecule has 0 aromatic heterocycles. The summed E-state index contributed by atoms with van der Waals surface area (Å²) in [5.74, 6) is 2.09. The van der Waals surface area contributed by atoms with Crippen LogP contribution in [0.5, 0.6) is 17.2 Å². The fourth-order valence-corrected chi connectivity index (χ4v) is 3.03. The minimum atomic E-state index is -0.212. The van der Waals surface area contributed by atoms with Crippen molar-refractivity contribution in [2.45, 2.75) is 32.4 Å². The molecule has 1 fully saturated rings. The van der Waals surface area contributed by atoms with Crippen molar-refractivity contribution in [2.75, 3.05) is 33.6 Å². The first-order chi connectivity index (χ1) is 11.7. The lowest BCUT2D eigenvalue weighted by atomic mass is 10.0. The number of nitrogens with one attached hydrogen (secondary N) is 1. The number of ether oxygens (including phenoxy) is 4. The Morgan fingerprint density at radius 2 is 2.12 bits per heavy atom. The van der Waals surface area contributed by atoms with E-state index in [1.165, 1.54) is 0 Å². The second-order valence-electron chi connectivity index (χ2n) is 5.87. The van der Waals surface area contributed by atoms with Crippen molar-refractivity contribution < 1.29 is 23.7 Å². The molecule has 0 atom stereocenters. The standard InChI is InChI=1S/C17H24N2O5/c1-3-22-17(20)19-6-4-13(5-7-19)18-10-12-8-14(21-2)16-15(9-12)23-11-24-16/h8-9,13,18H,3-7,10-11H2,1-2H3. The molecular formula is C17H24N2O5. The first-order valence-corrected chi connectivity index (χ1v) is 8.33. The number of hydrogen-bond acceptors (Lipinski definition) is 6. The Morgan fingerprint density at radius 3 is 2.83 bits per heavy atom. The Labute approximate surface area is 141 Å². The summed E-state index contributed by atoms with van der Waals surface area (Å²) in [4.78, 5) is 13.5. The smallest absolute Gasteiger partial charge is 0.409 e. The molecule has 0 saturated carbocycles. The van der Waals surface area contributed by atoms with Gasteiger partial charge in [-0.3, -0.25) is 0 Å². The van der Waals surface area contributed by atoms with Crippen molar-refractivity contribution in [3.05, 3.63) is 17.7 Å². The molecule has 1 N–H and O–H groups in total. The molecule has 2 heterocycles. The lowest BCUT2D eigenvalue weighted by Crippen LogP contribution is -2.44. The maximum Gasteiger partial charge on any atom is 0.409 e. The van der Waals surface area contributed by atoms with Crippen molar-refractivity contribution >= 4 is 6.09 Å². The molecule has 2 aliphatic heterocycles. The van der Waals surface area contributed by atoms with Gasteiger partial charge in [0.2, 0.25) is 12.5 Å². The molecule has 1 aromatic rings.